The van der Waals surface area contributed by atoms with Gasteiger partial charge in [0.05, 0.1) is 4.92 Å². The Balaban J connectivity index is 3.15. The third kappa shape index (κ3) is 3.54. The van der Waals surface area contributed by atoms with Crippen molar-refractivity contribution in [3.05, 3.63) is 27.9 Å². The van der Waals surface area contributed by atoms with Crippen molar-refractivity contribution in [3.8, 4) is 0 Å². The average molecular weight is 267 g/mol. The molecule has 8 heteroatoms. The molecule has 0 aliphatic carbocycles. The van der Waals surface area contributed by atoms with E-state index in [1.165, 1.54) is 12.3 Å². The number of rotatable bonds is 6. The van der Waals surface area contributed by atoms with Gasteiger partial charge < -0.3 is 15.8 Å². The Bertz CT molecular complexity index is 489. The van der Waals surface area contributed by atoms with Gasteiger partial charge in [-0.15, -0.1) is 0 Å². The molecule has 0 unspecified atom stereocenters. The molecule has 8 nitrogen and oxygen atoms in total. The van der Waals surface area contributed by atoms with Crippen molar-refractivity contribution in [2.45, 2.75) is 19.8 Å². The van der Waals surface area contributed by atoms with Gasteiger partial charge in [0.25, 0.3) is 0 Å². The number of aromatic nitrogens is 1. The van der Waals surface area contributed by atoms with E-state index >= 15 is 0 Å². The van der Waals surface area contributed by atoms with Gasteiger partial charge in [0.2, 0.25) is 5.82 Å². The lowest BCUT2D eigenvalue weighted by Gasteiger charge is -2.17. The highest BCUT2D eigenvalue weighted by atomic mass is 16.6. The number of hydrogen-bond donors (Lipinski definition) is 2. The highest BCUT2D eigenvalue weighted by molar-refractivity contribution is 5.97. The summed E-state index contributed by atoms with van der Waals surface area (Å²) in [5.74, 6) is 0.0614. The number of pyridine rings is 1. The molecule has 0 aliphatic rings. The fourth-order valence-corrected chi connectivity index (χ4v) is 1.57. The molecule has 0 saturated carbocycles. The molecule has 0 radical (unpaired) electrons. The maximum Gasteiger partial charge on any atom is 0.312 e. The third-order valence-electron chi connectivity index (χ3n) is 2.66. The van der Waals surface area contributed by atoms with Crippen molar-refractivity contribution in [2.75, 3.05) is 18.5 Å². The summed E-state index contributed by atoms with van der Waals surface area (Å²) < 4.78 is 0. The van der Waals surface area contributed by atoms with Gasteiger partial charge in [-0.3, -0.25) is 10.1 Å². The molecule has 0 spiro atoms. The molecule has 0 fully saturated rings. The Morgan fingerprint density at radius 1 is 1.68 bits per heavy atom. The Hall–Kier alpha value is -2.38. The zero-order valence-electron chi connectivity index (χ0n) is 10.9. The average Bonchev–Trinajstić information content (AvgIpc) is 2.43. The smallest absolute Gasteiger partial charge is 0.312 e. The van der Waals surface area contributed by atoms with Gasteiger partial charge in [0.15, 0.2) is 5.84 Å². The molecular formula is C11H17N5O3. The summed E-state index contributed by atoms with van der Waals surface area (Å²) in [6, 6.07) is 1.25. The number of anilines is 1. The third-order valence-corrected chi connectivity index (χ3v) is 2.66. The van der Waals surface area contributed by atoms with E-state index in [4.69, 9.17) is 10.9 Å². The predicted octanol–water partition coefficient (Wildman–Crippen LogP) is 1.32. The maximum atomic E-state index is 11.1. The highest BCUT2D eigenvalue weighted by Crippen LogP contribution is 2.25. The number of hydrogen-bond acceptors (Lipinski definition) is 6. The van der Waals surface area contributed by atoms with Gasteiger partial charge in [-0.25, -0.2) is 4.98 Å². The summed E-state index contributed by atoms with van der Waals surface area (Å²) >= 11 is 0. The van der Waals surface area contributed by atoms with Crippen LogP contribution in [-0.2, 0) is 0 Å². The van der Waals surface area contributed by atoms with Gasteiger partial charge in [-0.05, 0) is 6.42 Å². The molecule has 0 aromatic carbocycles. The van der Waals surface area contributed by atoms with Crippen molar-refractivity contribution in [1.82, 2.24) is 4.98 Å². The summed E-state index contributed by atoms with van der Waals surface area (Å²) in [6.45, 7) is 2.71. The Labute approximate surface area is 110 Å². The Morgan fingerprint density at radius 2 is 2.37 bits per heavy atom. The summed E-state index contributed by atoms with van der Waals surface area (Å²) in [5.41, 5.74) is 5.44. The van der Waals surface area contributed by atoms with Crippen LogP contribution >= 0.6 is 0 Å². The van der Waals surface area contributed by atoms with Crippen LogP contribution in [0.15, 0.2) is 17.4 Å². The van der Waals surface area contributed by atoms with Crippen molar-refractivity contribution < 1.29 is 10.1 Å². The van der Waals surface area contributed by atoms with Crippen molar-refractivity contribution in [3.63, 3.8) is 0 Å². The molecule has 1 rings (SSSR count). The fourth-order valence-electron chi connectivity index (χ4n) is 1.57. The largest absolute Gasteiger partial charge is 0.409 e. The molecule has 0 atom stereocenters. The number of nitro groups is 1. The van der Waals surface area contributed by atoms with Gasteiger partial charge in [0.1, 0.15) is 0 Å². The molecule has 0 amide bonds. The lowest BCUT2D eigenvalue weighted by Crippen LogP contribution is -2.22. The number of unbranched alkanes of at least 4 members (excludes halogenated alkanes) is 1. The van der Waals surface area contributed by atoms with Crippen LogP contribution in [0.4, 0.5) is 11.5 Å². The zero-order chi connectivity index (χ0) is 14.4. The lowest BCUT2D eigenvalue weighted by molar-refractivity contribution is -0.384. The second-order valence-electron chi connectivity index (χ2n) is 4.08. The van der Waals surface area contributed by atoms with E-state index in [0.29, 0.717) is 6.54 Å². The zero-order valence-corrected chi connectivity index (χ0v) is 10.9. The Morgan fingerprint density at radius 3 is 2.89 bits per heavy atom. The first kappa shape index (κ1) is 14.7. The van der Waals surface area contributed by atoms with Gasteiger partial charge in [-0.2, -0.15) is 0 Å². The van der Waals surface area contributed by atoms with Crippen LogP contribution in [0.3, 0.4) is 0 Å². The Kier molecular flexibility index (Phi) is 5.04. The summed E-state index contributed by atoms with van der Waals surface area (Å²) in [7, 11) is 1.74. The van der Waals surface area contributed by atoms with Crippen molar-refractivity contribution in [2.24, 2.45) is 10.9 Å². The molecule has 1 aromatic heterocycles. The van der Waals surface area contributed by atoms with Crippen LogP contribution in [0.1, 0.15) is 25.3 Å². The minimum atomic E-state index is -0.529. The first-order chi connectivity index (χ1) is 9.01. The van der Waals surface area contributed by atoms with Crippen LogP contribution < -0.4 is 10.6 Å². The molecule has 0 saturated heterocycles. The standard InChI is InChI=1S/C11H17N5O3/c1-3-4-5-15(2)11-9(16(18)19)6-8(7-13-11)10(12)14-17/h6-7,17H,3-5H2,1-2H3,(H2,12,14). The number of amidine groups is 1. The van der Waals surface area contributed by atoms with Crippen molar-refractivity contribution >= 4 is 17.3 Å². The predicted molar refractivity (Wildman–Crippen MR) is 71.6 cm³/mol. The van der Waals surface area contributed by atoms with Crippen molar-refractivity contribution in [1.29, 1.82) is 0 Å². The number of nitrogens with two attached hydrogens (primary N) is 1. The second-order valence-corrected chi connectivity index (χ2v) is 4.08. The van der Waals surface area contributed by atoms with Crippen LogP contribution in [0.5, 0.6) is 0 Å². The number of oxime groups is 1. The van der Waals surface area contributed by atoms with E-state index in [2.05, 4.69) is 10.1 Å². The molecule has 0 bridgehead atoms. The van der Waals surface area contributed by atoms with E-state index < -0.39 is 4.92 Å². The van der Waals surface area contributed by atoms with E-state index in [1.54, 1.807) is 11.9 Å². The summed E-state index contributed by atoms with van der Waals surface area (Å²) in [5, 5.41) is 22.4. The van der Waals surface area contributed by atoms with Gasteiger partial charge >= 0.3 is 5.69 Å². The molecular weight excluding hydrogens is 250 g/mol. The molecule has 0 aliphatic heterocycles. The molecule has 1 heterocycles. The topological polar surface area (TPSA) is 118 Å². The number of nitrogens with zero attached hydrogens (tertiary/aromatic N) is 4. The summed E-state index contributed by atoms with van der Waals surface area (Å²) in [4.78, 5) is 16.3. The minimum absolute atomic E-state index is 0.164. The summed E-state index contributed by atoms with van der Waals surface area (Å²) in [6.07, 6.45) is 3.25. The van der Waals surface area contributed by atoms with Crippen LogP contribution in [-0.4, -0.2) is 34.5 Å². The van der Waals surface area contributed by atoms with E-state index in [9.17, 15) is 10.1 Å². The van der Waals surface area contributed by atoms with Crippen LogP contribution in [0.2, 0.25) is 0 Å². The second kappa shape index (κ2) is 6.53. The minimum Gasteiger partial charge on any atom is -0.409 e. The SMILES string of the molecule is CCCCN(C)c1ncc(C(N)=NO)cc1[N+](=O)[O-]. The normalized spacial score (nSPS) is 11.4. The quantitative estimate of drug-likeness (QED) is 0.264. The highest BCUT2D eigenvalue weighted by Gasteiger charge is 2.20. The molecule has 1 aromatic rings. The maximum absolute atomic E-state index is 11.1. The monoisotopic (exact) mass is 267 g/mol. The molecule has 19 heavy (non-hydrogen) atoms. The lowest BCUT2D eigenvalue weighted by atomic mass is 10.2. The fraction of sp³-hybridized carbons (Fsp3) is 0.455. The van der Waals surface area contributed by atoms with Gasteiger partial charge in [0, 0.05) is 31.4 Å². The first-order valence-corrected chi connectivity index (χ1v) is 5.84. The first-order valence-electron chi connectivity index (χ1n) is 5.84. The molecule has 104 valence electrons. The van der Waals surface area contributed by atoms with E-state index in [0.717, 1.165) is 12.8 Å². The van der Waals surface area contributed by atoms with E-state index in [1.807, 2.05) is 6.92 Å². The molecule has 3 N–H and O–H groups in total. The van der Waals surface area contributed by atoms with Crippen LogP contribution in [0, 0.1) is 10.1 Å². The van der Waals surface area contributed by atoms with Gasteiger partial charge in [-0.1, -0.05) is 18.5 Å². The van der Waals surface area contributed by atoms with E-state index in [-0.39, 0.29) is 22.9 Å². The van der Waals surface area contributed by atoms with Crippen LogP contribution in [0.25, 0.3) is 0 Å².